The normalized spacial score (nSPS) is 15.7. The number of benzene rings is 1. The van der Waals surface area contributed by atoms with Crippen LogP contribution < -0.4 is 15.6 Å². The number of phenols is 1. The first kappa shape index (κ1) is 17.9. The van der Waals surface area contributed by atoms with Crippen molar-refractivity contribution in [3.63, 3.8) is 0 Å². The van der Waals surface area contributed by atoms with Crippen LogP contribution in [0.4, 0.5) is 5.82 Å². The number of hydrogen-bond acceptors (Lipinski definition) is 6. The number of carbonyl (C=O) groups is 1. The number of nitrogens with zero attached hydrogens (tertiary/aromatic N) is 1. The van der Waals surface area contributed by atoms with Gasteiger partial charge >= 0.3 is 0 Å². The number of carbonyl (C=O) groups excluding carboxylic acids is 1. The maximum atomic E-state index is 12.6. The zero-order chi connectivity index (χ0) is 18.7. The number of nitrogens with one attached hydrogen (secondary N) is 2. The van der Waals surface area contributed by atoms with E-state index in [1.54, 1.807) is 19.1 Å². The molecule has 1 unspecified atom stereocenters. The SMILES string of the molecule is C#CCSc1nc2c(c(=O)[nH]1)C(c1ccc(O)c(OCC)c1)CC(=O)N2. The third-order valence-corrected chi connectivity index (χ3v) is 4.69. The third-order valence-electron chi connectivity index (χ3n) is 3.91. The molecule has 134 valence electrons. The van der Waals surface area contributed by atoms with Crippen molar-refractivity contribution in [2.24, 2.45) is 0 Å². The first-order chi connectivity index (χ1) is 12.5. The number of terminal acetylenes is 1. The Hall–Kier alpha value is -2.92. The maximum Gasteiger partial charge on any atom is 0.257 e. The minimum Gasteiger partial charge on any atom is -0.504 e. The fraction of sp³-hybridized carbons (Fsp3) is 0.278. The largest absolute Gasteiger partial charge is 0.504 e. The standard InChI is InChI=1S/C18H17N3O4S/c1-3-7-26-18-20-16-15(17(24)21-18)11(9-14(23)19-16)10-5-6-12(22)13(8-10)25-4-2/h1,5-6,8,11,22H,4,7,9H2,2H3,(H2,19,20,21,23,24). The van der Waals surface area contributed by atoms with Gasteiger partial charge in [0.2, 0.25) is 5.91 Å². The summed E-state index contributed by atoms with van der Waals surface area (Å²) in [5, 5.41) is 12.9. The Kier molecular flexibility index (Phi) is 5.19. The van der Waals surface area contributed by atoms with Crippen LogP contribution in [0.2, 0.25) is 0 Å². The number of hydrogen-bond donors (Lipinski definition) is 3. The van der Waals surface area contributed by atoms with Gasteiger partial charge in [0.05, 0.1) is 17.9 Å². The molecular formula is C18H17N3O4S. The topological polar surface area (TPSA) is 104 Å². The van der Waals surface area contributed by atoms with E-state index in [-0.39, 0.29) is 29.5 Å². The van der Waals surface area contributed by atoms with E-state index in [4.69, 9.17) is 11.2 Å². The highest BCUT2D eigenvalue weighted by Crippen LogP contribution is 2.38. The van der Waals surface area contributed by atoms with E-state index in [9.17, 15) is 14.7 Å². The zero-order valence-corrected chi connectivity index (χ0v) is 14.9. The summed E-state index contributed by atoms with van der Waals surface area (Å²) in [7, 11) is 0. The third kappa shape index (κ3) is 3.53. The lowest BCUT2D eigenvalue weighted by molar-refractivity contribution is -0.116. The number of anilines is 1. The predicted molar refractivity (Wildman–Crippen MR) is 98.8 cm³/mol. The zero-order valence-electron chi connectivity index (χ0n) is 14.0. The van der Waals surface area contributed by atoms with E-state index in [1.165, 1.54) is 17.8 Å². The molecule has 0 aliphatic carbocycles. The van der Waals surface area contributed by atoms with Gasteiger partial charge in [0, 0.05) is 12.3 Å². The van der Waals surface area contributed by atoms with Crippen molar-refractivity contribution in [2.45, 2.75) is 24.4 Å². The molecule has 1 aliphatic rings. The lowest BCUT2D eigenvalue weighted by Gasteiger charge is -2.25. The lowest BCUT2D eigenvalue weighted by Crippen LogP contribution is -2.31. The van der Waals surface area contributed by atoms with Crippen molar-refractivity contribution in [1.82, 2.24) is 9.97 Å². The minimum atomic E-state index is -0.485. The van der Waals surface area contributed by atoms with E-state index < -0.39 is 5.92 Å². The van der Waals surface area contributed by atoms with Gasteiger partial charge in [0.25, 0.3) is 5.56 Å². The Morgan fingerprint density at radius 2 is 2.27 bits per heavy atom. The van der Waals surface area contributed by atoms with E-state index in [0.717, 1.165) is 0 Å². The highest BCUT2D eigenvalue weighted by molar-refractivity contribution is 7.99. The van der Waals surface area contributed by atoms with Crippen molar-refractivity contribution in [3.05, 3.63) is 39.7 Å². The number of amides is 1. The Balaban J connectivity index is 2.06. The first-order valence-electron chi connectivity index (χ1n) is 7.99. The summed E-state index contributed by atoms with van der Waals surface area (Å²) in [6.07, 6.45) is 5.33. The van der Waals surface area contributed by atoms with Crippen molar-refractivity contribution in [2.75, 3.05) is 17.7 Å². The highest BCUT2D eigenvalue weighted by Gasteiger charge is 2.31. The van der Waals surface area contributed by atoms with Gasteiger partial charge in [0.1, 0.15) is 5.82 Å². The average molecular weight is 371 g/mol. The Labute approximate surface area is 154 Å². The molecule has 1 amide bonds. The number of aromatic amines is 1. The van der Waals surface area contributed by atoms with Crippen LogP contribution in [0.25, 0.3) is 0 Å². The van der Waals surface area contributed by atoms with Gasteiger partial charge in [-0.05, 0) is 24.6 Å². The molecule has 8 heteroatoms. The summed E-state index contributed by atoms with van der Waals surface area (Å²) in [5.74, 6) is 2.64. The number of aromatic hydroxyl groups is 1. The number of rotatable bonds is 5. The van der Waals surface area contributed by atoms with Crippen LogP contribution in [0.15, 0.2) is 28.2 Å². The Morgan fingerprint density at radius 1 is 1.46 bits per heavy atom. The molecule has 0 saturated heterocycles. The van der Waals surface area contributed by atoms with Crippen LogP contribution in [0.3, 0.4) is 0 Å². The van der Waals surface area contributed by atoms with Crippen molar-refractivity contribution >= 4 is 23.5 Å². The summed E-state index contributed by atoms with van der Waals surface area (Å²) in [6, 6.07) is 4.81. The van der Waals surface area contributed by atoms with Crippen LogP contribution in [-0.2, 0) is 4.79 Å². The number of thioether (sulfide) groups is 1. The van der Waals surface area contributed by atoms with E-state index in [2.05, 4.69) is 21.2 Å². The van der Waals surface area contributed by atoms with Gasteiger partial charge in [0.15, 0.2) is 16.7 Å². The van der Waals surface area contributed by atoms with Crippen LogP contribution in [0.1, 0.15) is 30.4 Å². The quantitative estimate of drug-likeness (QED) is 0.422. The second kappa shape index (κ2) is 7.54. The molecule has 2 heterocycles. The van der Waals surface area contributed by atoms with Gasteiger partial charge in [-0.1, -0.05) is 23.7 Å². The summed E-state index contributed by atoms with van der Waals surface area (Å²) in [5.41, 5.74) is 0.743. The fourth-order valence-corrected chi connectivity index (χ4v) is 3.37. The summed E-state index contributed by atoms with van der Waals surface area (Å²) in [6.45, 7) is 2.19. The van der Waals surface area contributed by atoms with Gasteiger partial charge < -0.3 is 20.1 Å². The van der Waals surface area contributed by atoms with Crippen LogP contribution in [0, 0.1) is 12.3 Å². The van der Waals surface area contributed by atoms with Gasteiger partial charge in [-0.3, -0.25) is 9.59 Å². The molecule has 7 nitrogen and oxygen atoms in total. The molecule has 0 radical (unpaired) electrons. The Morgan fingerprint density at radius 3 is 3.00 bits per heavy atom. The van der Waals surface area contributed by atoms with Crippen molar-refractivity contribution in [3.8, 4) is 23.8 Å². The second-order valence-corrected chi connectivity index (χ2v) is 6.56. The molecule has 0 saturated carbocycles. The van der Waals surface area contributed by atoms with E-state index >= 15 is 0 Å². The first-order valence-corrected chi connectivity index (χ1v) is 8.98. The fourth-order valence-electron chi connectivity index (χ4n) is 2.83. The maximum absolute atomic E-state index is 12.6. The molecule has 1 aromatic heterocycles. The molecule has 0 fully saturated rings. The monoisotopic (exact) mass is 371 g/mol. The summed E-state index contributed by atoms with van der Waals surface area (Å²) < 4.78 is 5.40. The molecule has 1 aromatic carbocycles. The minimum absolute atomic E-state index is 0.00384. The predicted octanol–water partition coefficient (Wildman–Crippen LogP) is 2.07. The summed E-state index contributed by atoms with van der Waals surface area (Å²) >= 11 is 1.21. The molecule has 26 heavy (non-hydrogen) atoms. The number of ether oxygens (including phenoxy) is 1. The molecule has 3 N–H and O–H groups in total. The second-order valence-electron chi connectivity index (χ2n) is 5.59. The van der Waals surface area contributed by atoms with Gasteiger partial charge in [-0.15, -0.1) is 6.42 Å². The number of phenolic OH excluding ortho intramolecular Hbond substituents is 1. The molecule has 0 bridgehead atoms. The molecule has 1 atom stereocenters. The summed E-state index contributed by atoms with van der Waals surface area (Å²) in [4.78, 5) is 31.8. The van der Waals surface area contributed by atoms with Gasteiger partial charge in [-0.25, -0.2) is 4.98 Å². The molecule has 1 aliphatic heterocycles. The highest BCUT2D eigenvalue weighted by atomic mass is 32.2. The smallest absolute Gasteiger partial charge is 0.257 e. The molecule has 3 rings (SSSR count). The molecule has 0 spiro atoms. The van der Waals surface area contributed by atoms with E-state index in [1.807, 2.05) is 0 Å². The van der Waals surface area contributed by atoms with Crippen molar-refractivity contribution in [1.29, 1.82) is 0 Å². The lowest BCUT2D eigenvalue weighted by atomic mass is 9.86. The number of fused-ring (bicyclic) bond motifs is 1. The average Bonchev–Trinajstić information content (AvgIpc) is 2.61. The Bertz CT molecular complexity index is 948. The number of H-pyrrole nitrogens is 1. The molecular weight excluding hydrogens is 354 g/mol. The van der Waals surface area contributed by atoms with Crippen molar-refractivity contribution < 1.29 is 14.6 Å². The van der Waals surface area contributed by atoms with E-state index in [0.29, 0.717) is 34.4 Å². The molecule has 2 aromatic rings. The van der Waals surface area contributed by atoms with Crippen LogP contribution in [-0.4, -0.2) is 33.3 Å². The van der Waals surface area contributed by atoms with Crippen LogP contribution in [0.5, 0.6) is 11.5 Å². The van der Waals surface area contributed by atoms with Crippen LogP contribution >= 0.6 is 11.8 Å². The van der Waals surface area contributed by atoms with Gasteiger partial charge in [-0.2, -0.15) is 0 Å². The number of aromatic nitrogens is 2.